The van der Waals surface area contributed by atoms with E-state index < -0.39 is 0 Å². The molecule has 2 heterocycles. The van der Waals surface area contributed by atoms with Crippen molar-refractivity contribution in [2.45, 2.75) is 12.5 Å². The summed E-state index contributed by atoms with van der Waals surface area (Å²) in [5.74, 6) is 1.85. The number of hydrogen-bond acceptors (Lipinski definition) is 3. The van der Waals surface area contributed by atoms with Crippen molar-refractivity contribution in [3.8, 4) is 5.75 Å². The van der Waals surface area contributed by atoms with Crippen LogP contribution < -0.4 is 10.1 Å². The molecule has 1 N–H and O–H groups in total. The van der Waals surface area contributed by atoms with Gasteiger partial charge in [0, 0.05) is 6.54 Å². The van der Waals surface area contributed by atoms with E-state index >= 15 is 0 Å². The van der Waals surface area contributed by atoms with Crippen LogP contribution in [0.25, 0.3) is 11.0 Å². The zero-order valence-corrected chi connectivity index (χ0v) is 11.9. The maximum absolute atomic E-state index is 5.36. The number of fused-ring (bicyclic) bond motifs is 3. The number of imidazole rings is 1. The van der Waals surface area contributed by atoms with Gasteiger partial charge in [-0.2, -0.15) is 0 Å². The van der Waals surface area contributed by atoms with E-state index in [-0.39, 0.29) is 0 Å². The summed E-state index contributed by atoms with van der Waals surface area (Å²) in [5, 5.41) is 3.40. The minimum atomic E-state index is 0.295. The van der Waals surface area contributed by atoms with E-state index in [1.54, 1.807) is 7.11 Å². The highest BCUT2D eigenvalue weighted by molar-refractivity contribution is 5.79. The van der Waals surface area contributed by atoms with E-state index in [1.165, 1.54) is 11.1 Å². The number of ether oxygens (including phenoxy) is 1. The monoisotopic (exact) mass is 279 g/mol. The van der Waals surface area contributed by atoms with E-state index in [2.05, 4.69) is 46.3 Å². The van der Waals surface area contributed by atoms with E-state index in [1.807, 2.05) is 12.1 Å². The van der Waals surface area contributed by atoms with Crippen molar-refractivity contribution in [3.05, 3.63) is 54.1 Å². The largest absolute Gasteiger partial charge is 0.497 e. The highest BCUT2D eigenvalue weighted by Crippen LogP contribution is 2.34. The first-order valence-electron chi connectivity index (χ1n) is 7.21. The predicted molar refractivity (Wildman–Crippen MR) is 84.0 cm³/mol. The van der Waals surface area contributed by atoms with Crippen LogP contribution in [-0.4, -0.2) is 23.2 Å². The average Bonchev–Trinajstić information content (AvgIpc) is 2.93. The molecular formula is C17H17N3O. The van der Waals surface area contributed by atoms with Crippen molar-refractivity contribution >= 4 is 17.0 Å². The summed E-state index contributed by atoms with van der Waals surface area (Å²) in [4.78, 5) is 4.69. The van der Waals surface area contributed by atoms with Gasteiger partial charge in [0.25, 0.3) is 0 Å². The van der Waals surface area contributed by atoms with Crippen LogP contribution >= 0.6 is 0 Å². The van der Waals surface area contributed by atoms with E-state index in [9.17, 15) is 0 Å². The van der Waals surface area contributed by atoms with Crippen molar-refractivity contribution in [2.24, 2.45) is 0 Å². The molecule has 4 heteroatoms. The van der Waals surface area contributed by atoms with Crippen molar-refractivity contribution in [1.29, 1.82) is 0 Å². The fourth-order valence-corrected chi connectivity index (χ4v) is 3.10. The molecule has 0 spiro atoms. The van der Waals surface area contributed by atoms with Crippen molar-refractivity contribution < 1.29 is 4.74 Å². The van der Waals surface area contributed by atoms with Gasteiger partial charge in [-0.05, 0) is 36.2 Å². The topological polar surface area (TPSA) is 39.1 Å². The number of methoxy groups -OCH3 is 1. The SMILES string of the molecule is COc1cccc(C2CCNc3nc4ccccc4n32)c1. The molecule has 4 rings (SSSR count). The fraction of sp³-hybridized carbons (Fsp3) is 0.235. The van der Waals surface area contributed by atoms with Gasteiger partial charge in [0.2, 0.25) is 5.95 Å². The molecule has 0 fully saturated rings. The number of benzene rings is 2. The molecule has 3 aromatic rings. The number of nitrogens with one attached hydrogen (secondary N) is 1. The Morgan fingerprint density at radius 1 is 1.19 bits per heavy atom. The molecule has 0 bridgehead atoms. The molecule has 1 unspecified atom stereocenters. The standard InChI is InChI=1S/C17H17N3O/c1-21-13-6-4-5-12(11-13)15-9-10-18-17-19-14-7-2-3-8-16(14)20(15)17/h2-8,11,15H,9-10H2,1H3,(H,18,19). The summed E-state index contributed by atoms with van der Waals surface area (Å²) < 4.78 is 7.66. The van der Waals surface area contributed by atoms with Gasteiger partial charge in [-0.15, -0.1) is 0 Å². The lowest BCUT2D eigenvalue weighted by atomic mass is 10.0. The molecule has 1 atom stereocenters. The Hall–Kier alpha value is -2.49. The first-order chi connectivity index (χ1) is 10.4. The Morgan fingerprint density at radius 2 is 2.10 bits per heavy atom. The molecule has 0 aliphatic carbocycles. The fourth-order valence-electron chi connectivity index (χ4n) is 3.10. The Bertz CT molecular complexity index is 794. The van der Waals surface area contributed by atoms with Crippen molar-refractivity contribution in [3.63, 3.8) is 0 Å². The molecule has 0 radical (unpaired) electrons. The van der Waals surface area contributed by atoms with Crippen LogP contribution in [0.4, 0.5) is 5.95 Å². The molecular weight excluding hydrogens is 262 g/mol. The number of rotatable bonds is 2. The first kappa shape index (κ1) is 12.3. The highest BCUT2D eigenvalue weighted by atomic mass is 16.5. The number of nitrogens with zero attached hydrogens (tertiary/aromatic N) is 2. The zero-order chi connectivity index (χ0) is 14.2. The zero-order valence-electron chi connectivity index (χ0n) is 11.9. The van der Waals surface area contributed by atoms with Gasteiger partial charge in [-0.25, -0.2) is 4.98 Å². The number of hydrogen-bond donors (Lipinski definition) is 1. The molecule has 0 saturated carbocycles. The summed E-state index contributed by atoms with van der Waals surface area (Å²) in [6.45, 7) is 0.936. The lowest BCUT2D eigenvalue weighted by Gasteiger charge is -2.27. The molecule has 106 valence electrons. The molecule has 1 aromatic heterocycles. The minimum absolute atomic E-state index is 0.295. The van der Waals surface area contributed by atoms with Gasteiger partial charge in [-0.3, -0.25) is 0 Å². The molecule has 21 heavy (non-hydrogen) atoms. The second-order valence-electron chi connectivity index (χ2n) is 5.30. The summed E-state index contributed by atoms with van der Waals surface area (Å²) in [6, 6.07) is 16.9. The van der Waals surface area contributed by atoms with Crippen LogP contribution in [0.3, 0.4) is 0 Å². The highest BCUT2D eigenvalue weighted by Gasteiger charge is 2.24. The summed E-state index contributed by atoms with van der Waals surface area (Å²) in [7, 11) is 1.71. The van der Waals surface area contributed by atoms with E-state index in [0.29, 0.717) is 6.04 Å². The average molecular weight is 279 g/mol. The van der Waals surface area contributed by atoms with Crippen molar-refractivity contribution in [1.82, 2.24) is 9.55 Å². The maximum atomic E-state index is 5.36. The van der Waals surface area contributed by atoms with Gasteiger partial charge < -0.3 is 14.6 Å². The molecule has 0 amide bonds. The van der Waals surface area contributed by atoms with Crippen LogP contribution in [0.5, 0.6) is 5.75 Å². The number of para-hydroxylation sites is 2. The molecule has 1 aliphatic heterocycles. The summed E-state index contributed by atoms with van der Waals surface area (Å²) >= 11 is 0. The van der Waals surface area contributed by atoms with Gasteiger partial charge in [0.1, 0.15) is 5.75 Å². The molecule has 4 nitrogen and oxygen atoms in total. The lowest BCUT2D eigenvalue weighted by molar-refractivity contribution is 0.413. The normalized spacial score (nSPS) is 17.3. The Labute approximate surface area is 123 Å². The molecule has 2 aromatic carbocycles. The smallest absolute Gasteiger partial charge is 0.204 e. The van der Waals surface area contributed by atoms with Crippen LogP contribution in [0.15, 0.2) is 48.5 Å². The first-order valence-corrected chi connectivity index (χ1v) is 7.21. The Balaban J connectivity index is 1.89. The number of anilines is 1. The van der Waals surface area contributed by atoms with E-state index in [4.69, 9.17) is 9.72 Å². The minimum Gasteiger partial charge on any atom is -0.497 e. The second kappa shape index (κ2) is 4.81. The summed E-state index contributed by atoms with van der Waals surface area (Å²) in [6.07, 6.45) is 1.04. The lowest BCUT2D eigenvalue weighted by Crippen LogP contribution is -2.23. The molecule has 0 saturated heterocycles. The number of aromatic nitrogens is 2. The van der Waals surface area contributed by atoms with Crippen molar-refractivity contribution in [2.75, 3.05) is 19.0 Å². The van der Waals surface area contributed by atoms with Crippen LogP contribution in [-0.2, 0) is 0 Å². The van der Waals surface area contributed by atoms with Gasteiger partial charge >= 0.3 is 0 Å². The predicted octanol–water partition coefficient (Wildman–Crippen LogP) is 3.45. The van der Waals surface area contributed by atoms with Gasteiger partial charge in [0.05, 0.1) is 24.2 Å². The Morgan fingerprint density at radius 3 is 3.00 bits per heavy atom. The quantitative estimate of drug-likeness (QED) is 0.781. The summed E-state index contributed by atoms with van der Waals surface area (Å²) in [5.41, 5.74) is 3.47. The maximum Gasteiger partial charge on any atom is 0.204 e. The molecule has 1 aliphatic rings. The van der Waals surface area contributed by atoms with Crippen LogP contribution in [0.1, 0.15) is 18.0 Å². The third-order valence-electron chi connectivity index (χ3n) is 4.09. The second-order valence-corrected chi connectivity index (χ2v) is 5.30. The van der Waals surface area contributed by atoms with E-state index in [0.717, 1.165) is 30.2 Å². The third-order valence-corrected chi connectivity index (χ3v) is 4.09. The third kappa shape index (κ3) is 1.95. The van der Waals surface area contributed by atoms with Gasteiger partial charge in [-0.1, -0.05) is 24.3 Å². The van der Waals surface area contributed by atoms with Crippen LogP contribution in [0, 0.1) is 0 Å². The Kier molecular flexibility index (Phi) is 2.81. The van der Waals surface area contributed by atoms with Gasteiger partial charge in [0.15, 0.2) is 0 Å². The van der Waals surface area contributed by atoms with Crippen LogP contribution in [0.2, 0.25) is 0 Å².